The molecule has 0 fully saturated rings. The molecule has 4 N–H and O–H groups in total. The molecule has 0 spiro atoms. The van der Waals surface area contributed by atoms with E-state index in [0.29, 0.717) is 56.6 Å². The number of carbonyl (C=O) groups excluding carboxylic acids is 4. The van der Waals surface area contributed by atoms with Gasteiger partial charge >= 0.3 is 11.9 Å². The fourth-order valence-electron chi connectivity index (χ4n) is 4.40. The van der Waals surface area contributed by atoms with Gasteiger partial charge in [-0.05, 0) is 85.3 Å². The number of thiophene rings is 2. The van der Waals surface area contributed by atoms with Crippen LogP contribution in [-0.2, 0) is 25.6 Å². The van der Waals surface area contributed by atoms with Gasteiger partial charge in [0, 0.05) is 28.8 Å². The van der Waals surface area contributed by atoms with Crippen LogP contribution in [0.15, 0.2) is 66.0 Å². The Kier molecular flexibility index (Phi) is 16.4. The van der Waals surface area contributed by atoms with E-state index in [0.717, 1.165) is 23.1 Å². The van der Waals surface area contributed by atoms with Crippen LogP contribution in [0.4, 0.5) is 10.0 Å². The molecule has 4 rings (SSSR count). The van der Waals surface area contributed by atoms with E-state index in [2.05, 4.69) is 10.6 Å². The zero-order valence-corrected chi connectivity index (χ0v) is 30.6. The molecule has 0 unspecified atom stereocenters. The average Bonchev–Trinajstić information content (AvgIpc) is 3.76. The number of unbranched alkanes of at least 4 members (excludes halogenated alkanes) is 1. The predicted octanol–water partition coefficient (Wildman–Crippen LogP) is 6.88. The van der Waals surface area contributed by atoms with Gasteiger partial charge in [0.1, 0.15) is 21.5 Å². The lowest BCUT2D eigenvalue weighted by atomic mass is 10.0. The minimum absolute atomic E-state index is 0.0143. The predicted molar refractivity (Wildman–Crippen MR) is 199 cm³/mol. The van der Waals surface area contributed by atoms with Crippen molar-refractivity contribution in [2.75, 3.05) is 36.4 Å². The van der Waals surface area contributed by atoms with Crippen LogP contribution in [0.5, 0.6) is 11.5 Å². The van der Waals surface area contributed by atoms with E-state index in [1.807, 2.05) is 13.0 Å². The van der Waals surface area contributed by atoms with Gasteiger partial charge in [0.2, 0.25) is 11.8 Å². The molecule has 2 aromatic carbocycles. The van der Waals surface area contributed by atoms with Gasteiger partial charge < -0.3 is 30.3 Å². The minimum Gasteiger partial charge on any atom is -0.497 e. The standard InChI is InChI=1S/C20H23NO5S.C16H15NO5S2/c1-3-15-12-16(19(25)13-8-10-14(26-2)11-9-13)20(27-15)21-17(22)6-4-5-7-18(23)24;1-22-11-4-2-10(3-5-11)15(21)12-6-7-24-16(12)17-13(18)8-23-9-14(19)20/h8-12H,3-7H2,1-2H3,(H,21,22)(H,23,24);2-7H,8-9H2,1H3,(H,17,18)(H,19,20). The number of aryl methyl sites for hydroxylation is 1. The van der Waals surface area contributed by atoms with Crippen LogP contribution in [0.25, 0.3) is 0 Å². The highest BCUT2D eigenvalue weighted by Crippen LogP contribution is 2.31. The van der Waals surface area contributed by atoms with Gasteiger partial charge in [-0.25, -0.2) is 0 Å². The van der Waals surface area contributed by atoms with Crippen LogP contribution in [0.3, 0.4) is 0 Å². The Morgan fingerprint density at radius 1 is 0.686 bits per heavy atom. The van der Waals surface area contributed by atoms with Gasteiger partial charge in [0.15, 0.2) is 11.6 Å². The molecule has 0 saturated heterocycles. The monoisotopic (exact) mass is 754 g/mol. The number of anilines is 2. The summed E-state index contributed by atoms with van der Waals surface area (Å²) < 4.78 is 10.2. The van der Waals surface area contributed by atoms with Crippen molar-refractivity contribution in [3.05, 3.63) is 93.2 Å². The highest BCUT2D eigenvalue weighted by atomic mass is 32.2. The summed E-state index contributed by atoms with van der Waals surface area (Å²) in [6.45, 7) is 1.99. The maximum atomic E-state index is 12.9. The zero-order valence-electron chi connectivity index (χ0n) is 28.2. The molecule has 0 radical (unpaired) electrons. The third kappa shape index (κ3) is 13.0. The van der Waals surface area contributed by atoms with Crippen molar-refractivity contribution in [2.45, 2.75) is 39.0 Å². The van der Waals surface area contributed by atoms with Gasteiger partial charge in [-0.3, -0.25) is 28.8 Å². The van der Waals surface area contributed by atoms with E-state index in [9.17, 15) is 28.8 Å². The number of ether oxygens (including phenoxy) is 2. The highest BCUT2D eigenvalue weighted by Gasteiger charge is 2.20. The highest BCUT2D eigenvalue weighted by molar-refractivity contribution is 8.00. The lowest BCUT2D eigenvalue weighted by molar-refractivity contribution is -0.137. The number of ketones is 2. The molecule has 0 saturated carbocycles. The van der Waals surface area contributed by atoms with Crippen molar-refractivity contribution in [1.82, 2.24) is 0 Å². The summed E-state index contributed by atoms with van der Waals surface area (Å²) in [4.78, 5) is 71.4. The molecule has 0 aliphatic heterocycles. The summed E-state index contributed by atoms with van der Waals surface area (Å²) in [5.74, 6) is -1.56. The van der Waals surface area contributed by atoms with Gasteiger partial charge in [0.05, 0.1) is 36.9 Å². The average molecular weight is 755 g/mol. The van der Waals surface area contributed by atoms with E-state index >= 15 is 0 Å². The molecule has 270 valence electrons. The maximum absolute atomic E-state index is 12.9. The Morgan fingerprint density at radius 3 is 1.76 bits per heavy atom. The first-order valence-corrected chi connectivity index (χ1v) is 18.5. The van der Waals surface area contributed by atoms with Crippen LogP contribution in [0, 0.1) is 0 Å². The van der Waals surface area contributed by atoms with E-state index in [-0.39, 0.29) is 47.7 Å². The number of aliphatic carboxylic acids is 2. The van der Waals surface area contributed by atoms with Gasteiger partial charge in [0.25, 0.3) is 0 Å². The van der Waals surface area contributed by atoms with Crippen molar-refractivity contribution in [3.8, 4) is 11.5 Å². The summed E-state index contributed by atoms with van der Waals surface area (Å²) in [7, 11) is 3.11. The number of hydrogen-bond donors (Lipinski definition) is 4. The Bertz CT molecular complexity index is 1820. The first-order chi connectivity index (χ1) is 24.4. The first-order valence-electron chi connectivity index (χ1n) is 15.6. The smallest absolute Gasteiger partial charge is 0.313 e. The molecule has 12 nitrogen and oxygen atoms in total. The molecular weight excluding hydrogens is 717 g/mol. The maximum Gasteiger partial charge on any atom is 0.313 e. The number of methoxy groups -OCH3 is 2. The fraction of sp³-hybridized carbons (Fsp3) is 0.278. The Labute approximate surface area is 307 Å². The van der Waals surface area contributed by atoms with Crippen LogP contribution in [0.2, 0.25) is 0 Å². The van der Waals surface area contributed by atoms with Crippen molar-refractivity contribution in [1.29, 1.82) is 0 Å². The van der Waals surface area contributed by atoms with E-state index in [4.69, 9.17) is 19.7 Å². The topological polar surface area (TPSA) is 185 Å². The normalized spacial score (nSPS) is 10.3. The number of thioether (sulfide) groups is 1. The molecule has 2 amide bonds. The largest absolute Gasteiger partial charge is 0.497 e. The molecule has 51 heavy (non-hydrogen) atoms. The molecular formula is C36H38N2O10S3. The van der Waals surface area contributed by atoms with Gasteiger partial charge in [-0.15, -0.1) is 34.4 Å². The van der Waals surface area contributed by atoms with Crippen LogP contribution < -0.4 is 20.1 Å². The number of amides is 2. The minimum atomic E-state index is -0.973. The van der Waals surface area contributed by atoms with E-state index in [1.165, 1.54) is 22.7 Å². The summed E-state index contributed by atoms with van der Waals surface area (Å²) in [6, 6.07) is 17.0. The second-order valence-electron chi connectivity index (χ2n) is 10.7. The molecule has 0 atom stereocenters. The summed E-state index contributed by atoms with van der Waals surface area (Å²) >= 11 is 3.64. The first kappa shape index (κ1) is 40.4. The van der Waals surface area contributed by atoms with Crippen molar-refractivity contribution in [2.24, 2.45) is 0 Å². The number of carboxylic acids is 2. The third-order valence-corrected chi connectivity index (χ3v) is 9.94. The fourth-order valence-corrected chi connectivity index (χ4v) is 6.75. The lowest BCUT2D eigenvalue weighted by Crippen LogP contribution is -2.16. The molecule has 2 aromatic heterocycles. The molecule has 0 bridgehead atoms. The van der Waals surface area contributed by atoms with Gasteiger partial charge in [-0.2, -0.15) is 0 Å². The number of hydrogen-bond acceptors (Lipinski definition) is 11. The Hall–Kier alpha value is -4.99. The SMILES string of the molecule is CCc1cc(C(=O)c2ccc(OC)cc2)c(NC(=O)CCCCC(=O)O)s1.COc1ccc(C(=O)c2ccsc2NC(=O)CSCC(=O)O)cc1. The number of benzene rings is 2. The number of nitrogens with one attached hydrogen (secondary N) is 2. The van der Waals surface area contributed by atoms with E-state index < -0.39 is 11.9 Å². The quantitative estimate of drug-likeness (QED) is 0.0613. The summed E-state index contributed by atoms with van der Waals surface area (Å²) in [5, 5.41) is 25.4. The number of rotatable bonds is 18. The Morgan fingerprint density at radius 2 is 1.24 bits per heavy atom. The van der Waals surface area contributed by atoms with Crippen LogP contribution in [-0.4, -0.2) is 71.3 Å². The van der Waals surface area contributed by atoms with Crippen molar-refractivity contribution >= 4 is 79.8 Å². The number of carboxylic acid groups (broad SMARTS) is 2. The van der Waals surface area contributed by atoms with Crippen molar-refractivity contribution in [3.63, 3.8) is 0 Å². The lowest BCUT2D eigenvalue weighted by Gasteiger charge is -2.06. The van der Waals surface area contributed by atoms with Crippen LogP contribution >= 0.6 is 34.4 Å². The second-order valence-corrected chi connectivity index (χ2v) is 13.7. The molecule has 0 aliphatic carbocycles. The van der Waals surface area contributed by atoms with Crippen molar-refractivity contribution < 1.29 is 48.5 Å². The van der Waals surface area contributed by atoms with E-state index in [1.54, 1.807) is 74.2 Å². The molecule has 15 heteroatoms. The number of carbonyl (C=O) groups is 6. The Balaban J connectivity index is 0.000000277. The van der Waals surface area contributed by atoms with Gasteiger partial charge in [-0.1, -0.05) is 6.92 Å². The molecule has 0 aliphatic rings. The second kappa shape index (κ2) is 20.6. The molecule has 4 aromatic rings. The van der Waals surface area contributed by atoms with Crippen LogP contribution in [0.1, 0.15) is 69.3 Å². The summed E-state index contributed by atoms with van der Waals surface area (Å²) in [5.41, 5.74) is 1.89. The zero-order chi connectivity index (χ0) is 37.3. The molecule has 2 heterocycles. The summed E-state index contributed by atoms with van der Waals surface area (Å²) in [6.07, 6.45) is 1.98. The third-order valence-electron chi connectivity index (χ3n) is 7.00.